The summed E-state index contributed by atoms with van der Waals surface area (Å²) in [6, 6.07) is 10.7. The van der Waals surface area contributed by atoms with Crippen LogP contribution in [0.25, 0.3) is 0 Å². The molecule has 3 heteroatoms. The van der Waals surface area contributed by atoms with Crippen molar-refractivity contribution in [1.82, 2.24) is 5.43 Å². The normalized spacial score (nSPS) is 17.1. The third-order valence-electron chi connectivity index (χ3n) is 3.18. The molecule has 1 aromatic rings. The van der Waals surface area contributed by atoms with Gasteiger partial charge in [0.25, 0.3) is 0 Å². The second-order valence-corrected chi connectivity index (χ2v) is 4.41. The Morgan fingerprint density at radius 2 is 2.12 bits per heavy atom. The van der Waals surface area contributed by atoms with Crippen molar-refractivity contribution in [3.63, 3.8) is 0 Å². The van der Waals surface area contributed by atoms with Gasteiger partial charge in [0.2, 0.25) is 0 Å². The van der Waals surface area contributed by atoms with Gasteiger partial charge >= 0.3 is 0 Å². The molecule has 0 fully saturated rings. The summed E-state index contributed by atoms with van der Waals surface area (Å²) in [6.07, 6.45) is 6.10. The van der Waals surface area contributed by atoms with Gasteiger partial charge in [0.1, 0.15) is 0 Å². The lowest BCUT2D eigenvalue weighted by Crippen LogP contribution is -2.37. The predicted molar refractivity (Wildman–Crippen MR) is 69.1 cm³/mol. The van der Waals surface area contributed by atoms with Crippen LogP contribution in [-0.2, 0) is 11.2 Å². The van der Waals surface area contributed by atoms with E-state index < -0.39 is 0 Å². The smallest absolute Gasteiger partial charge is 0.0876 e. The van der Waals surface area contributed by atoms with Crippen LogP contribution in [0.5, 0.6) is 0 Å². The molecule has 0 aromatic heterocycles. The molecule has 3 nitrogen and oxygen atoms in total. The van der Waals surface area contributed by atoms with Crippen molar-refractivity contribution in [3.8, 4) is 0 Å². The lowest BCUT2D eigenvalue weighted by molar-refractivity contribution is 0.218. The summed E-state index contributed by atoms with van der Waals surface area (Å²) in [5.74, 6) is 5.62. The molecule has 0 bridgehead atoms. The fourth-order valence-corrected chi connectivity index (χ4v) is 2.17. The fraction of sp³-hybridized carbons (Fsp3) is 0.429. The molecule has 3 N–H and O–H groups in total. The zero-order chi connectivity index (χ0) is 11.9. The minimum atomic E-state index is 0.232. The number of rotatable bonds is 5. The molecule has 92 valence electrons. The number of nitrogens with one attached hydrogen (secondary N) is 1. The summed E-state index contributed by atoms with van der Waals surface area (Å²) in [4.78, 5) is 0. The van der Waals surface area contributed by atoms with E-state index in [1.165, 1.54) is 11.1 Å². The van der Waals surface area contributed by atoms with Crippen LogP contribution in [0.3, 0.4) is 0 Å². The van der Waals surface area contributed by atoms with Crippen LogP contribution in [0.4, 0.5) is 0 Å². The zero-order valence-corrected chi connectivity index (χ0v) is 10.1. The van der Waals surface area contributed by atoms with Crippen molar-refractivity contribution in [2.24, 2.45) is 5.84 Å². The van der Waals surface area contributed by atoms with E-state index in [2.05, 4.69) is 29.7 Å². The van der Waals surface area contributed by atoms with E-state index in [1.807, 2.05) is 12.3 Å². The van der Waals surface area contributed by atoms with Crippen LogP contribution in [0.2, 0.25) is 0 Å². The summed E-state index contributed by atoms with van der Waals surface area (Å²) in [7, 11) is 0. The minimum Gasteiger partial charge on any atom is -0.501 e. The van der Waals surface area contributed by atoms with E-state index in [0.717, 1.165) is 32.3 Å². The van der Waals surface area contributed by atoms with E-state index in [9.17, 15) is 0 Å². The maximum Gasteiger partial charge on any atom is 0.0876 e. The molecule has 0 amide bonds. The Hall–Kier alpha value is -1.32. The van der Waals surface area contributed by atoms with Gasteiger partial charge in [0, 0.05) is 6.04 Å². The van der Waals surface area contributed by atoms with Crippen molar-refractivity contribution < 1.29 is 4.74 Å². The van der Waals surface area contributed by atoms with Gasteiger partial charge in [-0.3, -0.25) is 11.3 Å². The highest BCUT2D eigenvalue weighted by atomic mass is 16.5. The van der Waals surface area contributed by atoms with Crippen LogP contribution >= 0.6 is 0 Å². The Balaban J connectivity index is 1.89. The van der Waals surface area contributed by atoms with Crippen LogP contribution in [0.1, 0.15) is 24.8 Å². The molecular formula is C14H20N2O. The summed E-state index contributed by atoms with van der Waals surface area (Å²) >= 11 is 0. The first-order valence-electron chi connectivity index (χ1n) is 6.21. The molecule has 1 atom stereocenters. The predicted octanol–water partition coefficient (Wildman–Crippen LogP) is 2.15. The molecular weight excluding hydrogens is 212 g/mol. The highest BCUT2D eigenvalue weighted by molar-refractivity contribution is 5.16. The van der Waals surface area contributed by atoms with Crippen molar-refractivity contribution in [1.29, 1.82) is 0 Å². The number of benzene rings is 1. The average molecular weight is 232 g/mol. The molecule has 1 aliphatic heterocycles. The Morgan fingerprint density at radius 3 is 2.76 bits per heavy atom. The topological polar surface area (TPSA) is 47.3 Å². The van der Waals surface area contributed by atoms with Crippen molar-refractivity contribution in [2.45, 2.75) is 31.7 Å². The van der Waals surface area contributed by atoms with Gasteiger partial charge in [-0.05, 0) is 36.8 Å². The van der Waals surface area contributed by atoms with E-state index in [-0.39, 0.29) is 6.04 Å². The van der Waals surface area contributed by atoms with Crippen molar-refractivity contribution >= 4 is 0 Å². The Labute approximate surface area is 103 Å². The fourth-order valence-electron chi connectivity index (χ4n) is 2.17. The number of hydrazine groups is 1. The zero-order valence-electron chi connectivity index (χ0n) is 10.1. The lowest BCUT2D eigenvalue weighted by Gasteiger charge is -2.22. The third kappa shape index (κ3) is 3.58. The SMILES string of the molecule is NNC(CCc1ccccc1)C1=COCCC1. The number of ether oxygens (including phenoxy) is 1. The molecule has 0 aliphatic carbocycles. The number of aryl methyl sites for hydroxylation is 1. The van der Waals surface area contributed by atoms with Gasteiger partial charge in [0.05, 0.1) is 12.9 Å². The van der Waals surface area contributed by atoms with E-state index in [4.69, 9.17) is 10.6 Å². The van der Waals surface area contributed by atoms with Crippen LogP contribution in [0, 0.1) is 0 Å². The maximum absolute atomic E-state index is 5.62. The van der Waals surface area contributed by atoms with Gasteiger partial charge < -0.3 is 4.74 Å². The molecule has 0 spiro atoms. The van der Waals surface area contributed by atoms with Crippen LogP contribution in [0.15, 0.2) is 42.2 Å². The van der Waals surface area contributed by atoms with Crippen molar-refractivity contribution in [3.05, 3.63) is 47.7 Å². The second-order valence-electron chi connectivity index (χ2n) is 4.41. The number of nitrogens with two attached hydrogens (primary N) is 1. The van der Waals surface area contributed by atoms with E-state index in [1.54, 1.807) is 0 Å². The van der Waals surface area contributed by atoms with Crippen LogP contribution in [-0.4, -0.2) is 12.6 Å². The highest BCUT2D eigenvalue weighted by Gasteiger charge is 2.15. The Kier molecular flexibility index (Phi) is 4.59. The van der Waals surface area contributed by atoms with E-state index >= 15 is 0 Å². The molecule has 1 heterocycles. The first-order chi connectivity index (χ1) is 8.40. The first kappa shape index (κ1) is 12.1. The monoisotopic (exact) mass is 232 g/mol. The van der Waals surface area contributed by atoms with Gasteiger partial charge in [-0.25, -0.2) is 0 Å². The Bertz CT molecular complexity index is 362. The first-order valence-corrected chi connectivity index (χ1v) is 6.21. The molecule has 1 aromatic carbocycles. The summed E-state index contributed by atoms with van der Waals surface area (Å²) < 4.78 is 5.36. The largest absolute Gasteiger partial charge is 0.501 e. The molecule has 1 aliphatic rings. The van der Waals surface area contributed by atoms with Crippen molar-refractivity contribution in [2.75, 3.05) is 6.61 Å². The number of hydrogen-bond donors (Lipinski definition) is 2. The molecule has 0 saturated carbocycles. The molecule has 2 rings (SSSR count). The quantitative estimate of drug-likeness (QED) is 0.604. The average Bonchev–Trinajstić information content (AvgIpc) is 2.42. The summed E-state index contributed by atoms with van der Waals surface area (Å²) in [6.45, 7) is 0.833. The highest BCUT2D eigenvalue weighted by Crippen LogP contribution is 2.18. The molecule has 1 unspecified atom stereocenters. The molecule has 17 heavy (non-hydrogen) atoms. The summed E-state index contributed by atoms with van der Waals surface area (Å²) in [5, 5.41) is 0. The standard InChI is InChI=1S/C14H20N2O/c15-16-14(13-7-4-10-17-11-13)9-8-12-5-2-1-3-6-12/h1-3,5-6,11,14,16H,4,7-10,15H2. The lowest BCUT2D eigenvalue weighted by atomic mass is 9.96. The molecule has 0 radical (unpaired) electrons. The van der Waals surface area contributed by atoms with Gasteiger partial charge in [-0.2, -0.15) is 0 Å². The minimum absolute atomic E-state index is 0.232. The summed E-state index contributed by atoms with van der Waals surface area (Å²) in [5.41, 5.74) is 5.53. The third-order valence-corrected chi connectivity index (χ3v) is 3.18. The van der Waals surface area contributed by atoms with Crippen LogP contribution < -0.4 is 11.3 Å². The van der Waals surface area contributed by atoms with E-state index in [0.29, 0.717) is 0 Å². The second kappa shape index (κ2) is 6.42. The van der Waals surface area contributed by atoms with Gasteiger partial charge in [-0.1, -0.05) is 30.3 Å². The maximum atomic E-state index is 5.62. The van der Waals surface area contributed by atoms with Gasteiger partial charge in [0.15, 0.2) is 0 Å². The molecule has 0 saturated heterocycles. The number of hydrogen-bond acceptors (Lipinski definition) is 3. The Morgan fingerprint density at radius 1 is 1.29 bits per heavy atom. The van der Waals surface area contributed by atoms with Gasteiger partial charge in [-0.15, -0.1) is 0 Å².